The number of benzene rings is 1. The molecule has 1 fully saturated rings. The Labute approximate surface area is 113 Å². The van der Waals surface area contributed by atoms with Gasteiger partial charge in [-0.15, -0.1) is 11.8 Å². The Morgan fingerprint density at radius 2 is 2.06 bits per heavy atom. The Bertz CT molecular complexity index is 423. The number of rotatable bonds is 3. The number of halogens is 1. The maximum Gasteiger partial charge on any atom is 0.237 e. The number of primary amides is 1. The number of thioether (sulfide) groups is 1. The molecule has 0 heterocycles. The topological polar surface area (TPSA) is 69.1 Å². The summed E-state index contributed by atoms with van der Waals surface area (Å²) in [6.45, 7) is 0. The van der Waals surface area contributed by atoms with E-state index in [2.05, 4.69) is 28.1 Å². The third kappa shape index (κ3) is 3.03. The van der Waals surface area contributed by atoms with Crippen LogP contribution in [0.25, 0.3) is 0 Å². The van der Waals surface area contributed by atoms with Crippen molar-refractivity contribution in [2.75, 3.05) is 0 Å². The Balaban J connectivity index is 1.98. The second kappa shape index (κ2) is 5.00. The van der Waals surface area contributed by atoms with Crippen molar-refractivity contribution in [3.05, 3.63) is 28.7 Å². The molecule has 2 unspecified atom stereocenters. The predicted molar refractivity (Wildman–Crippen MR) is 73.8 cm³/mol. The molecule has 17 heavy (non-hydrogen) atoms. The van der Waals surface area contributed by atoms with Gasteiger partial charge in [-0.1, -0.05) is 15.9 Å². The Kier molecular flexibility index (Phi) is 3.80. The first-order valence-electron chi connectivity index (χ1n) is 5.51. The molecule has 2 atom stereocenters. The molecular formula is C12H15BrN2OS. The van der Waals surface area contributed by atoms with Gasteiger partial charge in [-0.2, -0.15) is 0 Å². The van der Waals surface area contributed by atoms with Gasteiger partial charge in [-0.05, 0) is 43.5 Å². The van der Waals surface area contributed by atoms with Crippen molar-refractivity contribution in [2.45, 2.75) is 34.9 Å². The summed E-state index contributed by atoms with van der Waals surface area (Å²) in [5, 5.41) is 0.383. The van der Waals surface area contributed by atoms with Crippen molar-refractivity contribution in [3.8, 4) is 0 Å². The molecule has 4 N–H and O–H groups in total. The lowest BCUT2D eigenvalue weighted by molar-refractivity contribution is -0.122. The van der Waals surface area contributed by atoms with Gasteiger partial charge in [0.25, 0.3) is 0 Å². The molecule has 1 amide bonds. The summed E-state index contributed by atoms with van der Waals surface area (Å²) in [6.07, 6.45) is 2.31. The molecule has 5 heteroatoms. The molecule has 1 aromatic carbocycles. The van der Waals surface area contributed by atoms with Crippen molar-refractivity contribution >= 4 is 33.6 Å². The first kappa shape index (κ1) is 12.9. The number of hydrogen-bond donors (Lipinski definition) is 2. The highest BCUT2D eigenvalue weighted by molar-refractivity contribution is 9.10. The molecule has 0 spiro atoms. The third-order valence-corrected chi connectivity index (χ3v) is 4.92. The zero-order chi connectivity index (χ0) is 12.5. The van der Waals surface area contributed by atoms with E-state index in [4.69, 9.17) is 11.5 Å². The van der Waals surface area contributed by atoms with Gasteiger partial charge < -0.3 is 11.5 Å². The average molecular weight is 315 g/mol. The highest BCUT2D eigenvalue weighted by Gasteiger charge is 2.40. The largest absolute Gasteiger partial charge is 0.368 e. The lowest BCUT2D eigenvalue weighted by Gasteiger charge is -2.19. The highest BCUT2D eigenvalue weighted by Crippen LogP contribution is 2.39. The predicted octanol–water partition coefficient (Wildman–Crippen LogP) is 2.28. The van der Waals surface area contributed by atoms with Crippen LogP contribution in [0.5, 0.6) is 0 Å². The summed E-state index contributed by atoms with van der Waals surface area (Å²) in [5.41, 5.74) is 10.5. The summed E-state index contributed by atoms with van der Waals surface area (Å²) in [4.78, 5) is 12.4. The molecular weight excluding hydrogens is 300 g/mol. The van der Waals surface area contributed by atoms with Crippen LogP contribution in [0.4, 0.5) is 0 Å². The minimum atomic E-state index is -0.799. The minimum Gasteiger partial charge on any atom is -0.368 e. The zero-order valence-electron chi connectivity index (χ0n) is 9.36. The summed E-state index contributed by atoms with van der Waals surface area (Å²) in [5.74, 6) is -0.378. The van der Waals surface area contributed by atoms with E-state index < -0.39 is 5.54 Å². The molecule has 2 rings (SSSR count). The van der Waals surface area contributed by atoms with Crippen LogP contribution in [0.15, 0.2) is 33.6 Å². The van der Waals surface area contributed by atoms with Crippen molar-refractivity contribution in [3.63, 3.8) is 0 Å². The number of carbonyl (C=O) groups excluding carboxylic acids is 1. The Hall–Kier alpha value is -0.520. The Morgan fingerprint density at radius 1 is 1.41 bits per heavy atom. The normalized spacial score (nSPS) is 28.2. The maximum absolute atomic E-state index is 11.2. The van der Waals surface area contributed by atoms with Crippen molar-refractivity contribution in [1.82, 2.24) is 0 Å². The molecule has 0 bridgehead atoms. The van der Waals surface area contributed by atoms with E-state index >= 15 is 0 Å². The van der Waals surface area contributed by atoms with E-state index in [-0.39, 0.29) is 5.91 Å². The van der Waals surface area contributed by atoms with E-state index in [0.717, 1.165) is 10.9 Å². The summed E-state index contributed by atoms with van der Waals surface area (Å²) in [6, 6.07) is 8.16. The summed E-state index contributed by atoms with van der Waals surface area (Å²) >= 11 is 5.18. The lowest BCUT2D eigenvalue weighted by atomic mass is 9.99. The first-order chi connectivity index (χ1) is 7.99. The number of hydrogen-bond acceptors (Lipinski definition) is 3. The van der Waals surface area contributed by atoms with Gasteiger partial charge in [0.1, 0.15) is 0 Å². The third-order valence-electron chi connectivity index (χ3n) is 3.11. The molecule has 0 saturated heterocycles. The average Bonchev–Trinajstić information content (AvgIpc) is 2.65. The van der Waals surface area contributed by atoms with Gasteiger partial charge in [-0.25, -0.2) is 0 Å². The monoisotopic (exact) mass is 314 g/mol. The Morgan fingerprint density at radius 3 is 2.59 bits per heavy atom. The van der Waals surface area contributed by atoms with Crippen LogP contribution in [-0.4, -0.2) is 16.7 Å². The van der Waals surface area contributed by atoms with Crippen LogP contribution >= 0.6 is 27.7 Å². The van der Waals surface area contributed by atoms with E-state index in [1.54, 1.807) is 11.8 Å². The van der Waals surface area contributed by atoms with Crippen LogP contribution in [0.2, 0.25) is 0 Å². The van der Waals surface area contributed by atoms with Crippen LogP contribution in [0.1, 0.15) is 19.3 Å². The highest BCUT2D eigenvalue weighted by atomic mass is 79.9. The molecule has 1 saturated carbocycles. The van der Waals surface area contributed by atoms with Crippen LogP contribution in [-0.2, 0) is 4.79 Å². The first-order valence-corrected chi connectivity index (χ1v) is 7.18. The molecule has 0 radical (unpaired) electrons. The summed E-state index contributed by atoms with van der Waals surface area (Å²) in [7, 11) is 0. The SMILES string of the molecule is NC(=O)C1(N)CCC(Sc2ccc(Br)cc2)C1. The van der Waals surface area contributed by atoms with Crippen LogP contribution < -0.4 is 11.5 Å². The fourth-order valence-electron chi connectivity index (χ4n) is 2.06. The van der Waals surface area contributed by atoms with E-state index in [1.165, 1.54) is 4.90 Å². The van der Waals surface area contributed by atoms with Crippen LogP contribution in [0, 0.1) is 0 Å². The fraction of sp³-hybridized carbons (Fsp3) is 0.417. The maximum atomic E-state index is 11.2. The smallest absolute Gasteiger partial charge is 0.237 e. The van der Waals surface area contributed by atoms with E-state index in [1.807, 2.05) is 12.1 Å². The number of amides is 1. The fourth-order valence-corrected chi connectivity index (χ4v) is 3.62. The number of nitrogens with two attached hydrogens (primary N) is 2. The van der Waals surface area contributed by atoms with Gasteiger partial charge in [0.15, 0.2) is 0 Å². The molecule has 92 valence electrons. The zero-order valence-corrected chi connectivity index (χ0v) is 11.8. The minimum absolute atomic E-state index is 0.378. The van der Waals surface area contributed by atoms with Gasteiger partial charge in [0, 0.05) is 14.6 Å². The van der Waals surface area contributed by atoms with Gasteiger partial charge in [0.2, 0.25) is 5.91 Å². The summed E-state index contributed by atoms with van der Waals surface area (Å²) < 4.78 is 1.07. The van der Waals surface area contributed by atoms with Crippen molar-refractivity contribution < 1.29 is 4.79 Å². The van der Waals surface area contributed by atoms with Crippen LogP contribution in [0.3, 0.4) is 0 Å². The second-order valence-corrected chi connectivity index (χ2v) is 6.75. The molecule has 0 aromatic heterocycles. The quantitative estimate of drug-likeness (QED) is 0.899. The molecule has 0 aliphatic heterocycles. The second-order valence-electron chi connectivity index (χ2n) is 4.46. The van der Waals surface area contributed by atoms with E-state index in [9.17, 15) is 4.79 Å². The van der Waals surface area contributed by atoms with E-state index in [0.29, 0.717) is 18.1 Å². The molecule has 1 aliphatic rings. The van der Waals surface area contributed by atoms with Crippen molar-refractivity contribution in [2.24, 2.45) is 11.5 Å². The number of carbonyl (C=O) groups is 1. The van der Waals surface area contributed by atoms with Gasteiger partial charge >= 0.3 is 0 Å². The van der Waals surface area contributed by atoms with Crippen molar-refractivity contribution in [1.29, 1.82) is 0 Å². The van der Waals surface area contributed by atoms with Gasteiger partial charge in [0.05, 0.1) is 5.54 Å². The van der Waals surface area contributed by atoms with Gasteiger partial charge in [-0.3, -0.25) is 4.79 Å². The molecule has 1 aliphatic carbocycles. The standard InChI is InChI=1S/C12H15BrN2OS/c13-8-1-3-9(4-2-8)17-10-5-6-12(15,7-10)11(14)16/h1-4,10H,5-7,15H2,(H2,14,16). The molecule has 1 aromatic rings. The molecule has 3 nitrogen and oxygen atoms in total. The lowest BCUT2D eigenvalue weighted by Crippen LogP contribution is -2.50.